The Morgan fingerprint density at radius 3 is 2.70 bits per heavy atom. The lowest BCUT2D eigenvalue weighted by Crippen LogP contribution is -2.34. The van der Waals surface area contributed by atoms with Crippen LogP contribution in [0.25, 0.3) is 0 Å². The summed E-state index contributed by atoms with van der Waals surface area (Å²) in [5, 5.41) is 3.42. The molecule has 1 N–H and O–H groups in total. The van der Waals surface area contributed by atoms with Crippen molar-refractivity contribution in [1.29, 1.82) is 0 Å². The van der Waals surface area contributed by atoms with Gasteiger partial charge in [-0.05, 0) is 30.5 Å². The van der Waals surface area contributed by atoms with Gasteiger partial charge in [0.05, 0.1) is 7.11 Å². The Morgan fingerprint density at radius 2 is 2.15 bits per heavy atom. The van der Waals surface area contributed by atoms with E-state index in [0.717, 1.165) is 13.1 Å². The van der Waals surface area contributed by atoms with Gasteiger partial charge >= 0.3 is 0 Å². The van der Waals surface area contributed by atoms with Gasteiger partial charge in [0.2, 0.25) is 0 Å². The van der Waals surface area contributed by atoms with Gasteiger partial charge in [-0.25, -0.2) is 4.39 Å². The zero-order valence-electron chi connectivity index (χ0n) is 13.0. The average Bonchev–Trinajstić information content (AvgIpc) is 2.41. The normalized spacial score (nSPS) is 14.1. The van der Waals surface area contributed by atoms with E-state index in [2.05, 4.69) is 32.7 Å². The van der Waals surface area contributed by atoms with Gasteiger partial charge in [-0.2, -0.15) is 0 Å². The van der Waals surface area contributed by atoms with Crippen LogP contribution in [0.15, 0.2) is 30.9 Å². The lowest BCUT2D eigenvalue weighted by molar-refractivity contribution is 0.360. The van der Waals surface area contributed by atoms with E-state index in [1.54, 1.807) is 6.07 Å². The summed E-state index contributed by atoms with van der Waals surface area (Å²) in [5.74, 6) is 0.619. The maximum Gasteiger partial charge on any atom is 0.168 e. The van der Waals surface area contributed by atoms with Crippen LogP contribution in [0, 0.1) is 17.2 Å². The smallest absolute Gasteiger partial charge is 0.168 e. The second kappa shape index (κ2) is 7.44. The number of nitrogens with one attached hydrogen (secondary N) is 1. The number of halogens is 1. The molecule has 0 saturated carbocycles. The van der Waals surface area contributed by atoms with Crippen molar-refractivity contribution in [3.05, 3.63) is 42.2 Å². The van der Waals surface area contributed by atoms with Gasteiger partial charge < -0.3 is 10.1 Å². The molecule has 112 valence electrons. The third-order valence-corrected chi connectivity index (χ3v) is 3.43. The first-order valence-electron chi connectivity index (χ1n) is 7.07. The molecule has 0 aliphatic carbocycles. The zero-order valence-corrected chi connectivity index (χ0v) is 13.0. The Bertz CT molecular complexity index is 445. The second-order valence-electron chi connectivity index (χ2n) is 5.99. The quantitative estimate of drug-likeness (QED) is 0.731. The topological polar surface area (TPSA) is 21.3 Å². The Labute approximate surface area is 122 Å². The molecule has 0 aliphatic rings. The summed E-state index contributed by atoms with van der Waals surface area (Å²) in [6.45, 7) is 12.1. The van der Waals surface area contributed by atoms with Crippen LogP contribution < -0.4 is 10.1 Å². The first-order valence-corrected chi connectivity index (χ1v) is 7.07. The van der Waals surface area contributed by atoms with Crippen LogP contribution >= 0.6 is 0 Å². The summed E-state index contributed by atoms with van der Waals surface area (Å²) in [6, 6.07) is 5.27. The highest BCUT2D eigenvalue weighted by Gasteiger charge is 2.23. The molecule has 20 heavy (non-hydrogen) atoms. The van der Waals surface area contributed by atoms with Crippen molar-refractivity contribution in [1.82, 2.24) is 5.32 Å². The minimum absolute atomic E-state index is 0.178. The van der Waals surface area contributed by atoms with E-state index >= 15 is 0 Å². The number of methoxy groups -OCH3 is 1. The van der Waals surface area contributed by atoms with Crippen LogP contribution in [-0.2, 0) is 6.42 Å². The van der Waals surface area contributed by atoms with E-state index in [0.29, 0.717) is 23.7 Å². The first-order chi connectivity index (χ1) is 9.41. The molecule has 0 aliphatic heterocycles. The largest absolute Gasteiger partial charge is 0.494 e. The van der Waals surface area contributed by atoms with Crippen molar-refractivity contribution in [2.45, 2.75) is 27.2 Å². The van der Waals surface area contributed by atoms with E-state index in [-0.39, 0.29) is 11.2 Å². The summed E-state index contributed by atoms with van der Waals surface area (Å²) in [7, 11) is 1.49. The fourth-order valence-electron chi connectivity index (χ4n) is 2.14. The van der Waals surface area contributed by atoms with Gasteiger partial charge in [-0.3, -0.25) is 0 Å². The highest BCUT2D eigenvalue weighted by atomic mass is 19.1. The molecule has 0 spiro atoms. The van der Waals surface area contributed by atoms with E-state index in [1.165, 1.54) is 7.11 Å². The lowest BCUT2D eigenvalue weighted by Gasteiger charge is -2.27. The molecule has 0 bridgehead atoms. The molecule has 1 aromatic rings. The molecule has 1 aromatic carbocycles. The SMILES string of the molecule is C=CC(C)(CNCC(C)C)Cc1cccc(OC)c1F. The standard InChI is InChI=1S/C17H26FNO/c1-6-17(4,12-19-11-13(2)3)10-14-8-7-9-15(20-5)16(14)18/h6-9,13,19H,1,10-12H2,2-5H3. The van der Waals surface area contributed by atoms with Crippen molar-refractivity contribution in [3.8, 4) is 5.75 Å². The molecule has 0 saturated heterocycles. The van der Waals surface area contributed by atoms with Crippen molar-refractivity contribution >= 4 is 0 Å². The third-order valence-electron chi connectivity index (χ3n) is 3.43. The minimum atomic E-state index is -0.271. The molecule has 1 atom stereocenters. The summed E-state index contributed by atoms with van der Waals surface area (Å²) >= 11 is 0. The molecule has 0 radical (unpaired) electrons. The predicted octanol–water partition coefficient (Wildman–Crippen LogP) is 3.81. The molecule has 2 nitrogen and oxygen atoms in total. The first kappa shape index (κ1) is 16.7. The van der Waals surface area contributed by atoms with E-state index < -0.39 is 0 Å². The van der Waals surface area contributed by atoms with Crippen molar-refractivity contribution < 1.29 is 9.13 Å². The highest BCUT2D eigenvalue weighted by Crippen LogP contribution is 2.28. The summed E-state index contributed by atoms with van der Waals surface area (Å²) in [4.78, 5) is 0. The van der Waals surface area contributed by atoms with Crippen molar-refractivity contribution in [2.24, 2.45) is 11.3 Å². The molecule has 1 unspecified atom stereocenters. The van der Waals surface area contributed by atoms with Crippen LogP contribution in [0.5, 0.6) is 5.75 Å². The Morgan fingerprint density at radius 1 is 1.45 bits per heavy atom. The summed E-state index contributed by atoms with van der Waals surface area (Å²) < 4.78 is 19.2. The van der Waals surface area contributed by atoms with Gasteiger partial charge in [0.25, 0.3) is 0 Å². The number of rotatable bonds is 8. The Hall–Kier alpha value is -1.35. The van der Waals surface area contributed by atoms with Crippen LogP contribution in [0.1, 0.15) is 26.3 Å². The van der Waals surface area contributed by atoms with E-state index in [1.807, 2.05) is 18.2 Å². The number of ether oxygens (including phenoxy) is 1. The molecular weight excluding hydrogens is 253 g/mol. The van der Waals surface area contributed by atoms with Gasteiger partial charge in [0, 0.05) is 12.0 Å². The molecule has 3 heteroatoms. The van der Waals surface area contributed by atoms with Gasteiger partial charge in [0.15, 0.2) is 11.6 Å². The average molecular weight is 279 g/mol. The Kier molecular flexibility index (Phi) is 6.21. The maximum atomic E-state index is 14.2. The predicted molar refractivity (Wildman–Crippen MR) is 82.7 cm³/mol. The van der Waals surface area contributed by atoms with E-state index in [4.69, 9.17) is 4.74 Å². The summed E-state index contributed by atoms with van der Waals surface area (Å²) in [6.07, 6.45) is 2.50. The van der Waals surface area contributed by atoms with Gasteiger partial charge in [-0.15, -0.1) is 6.58 Å². The minimum Gasteiger partial charge on any atom is -0.494 e. The highest BCUT2D eigenvalue weighted by molar-refractivity contribution is 5.32. The second-order valence-corrected chi connectivity index (χ2v) is 5.99. The molecule has 1 rings (SSSR count). The lowest BCUT2D eigenvalue weighted by atomic mass is 9.83. The van der Waals surface area contributed by atoms with Crippen LogP contribution in [0.3, 0.4) is 0 Å². The molecule has 0 aromatic heterocycles. The molecular formula is C17H26FNO. The molecule has 0 fully saturated rings. The summed E-state index contributed by atoms with van der Waals surface area (Å²) in [5.41, 5.74) is 0.486. The van der Waals surface area contributed by atoms with Crippen molar-refractivity contribution in [2.75, 3.05) is 20.2 Å². The van der Waals surface area contributed by atoms with Crippen LogP contribution in [0.4, 0.5) is 4.39 Å². The fourth-order valence-corrected chi connectivity index (χ4v) is 2.14. The fraction of sp³-hybridized carbons (Fsp3) is 0.529. The number of hydrogen-bond donors (Lipinski definition) is 1. The molecule has 0 heterocycles. The number of hydrogen-bond acceptors (Lipinski definition) is 2. The van der Waals surface area contributed by atoms with Gasteiger partial charge in [-0.1, -0.05) is 39.0 Å². The maximum absolute atomic E-state index is 14.2. The van der Waals surface area contributed by atoms with Crippen LogP contribution in [-0.4, -0.2) is 20.2 Å². The zero-order chi connectivity index (χ0) is 15.2. The van der Waals surface area contributed by atoms with E-state index in [9.17, 15) is 4.39 Å². The monoisotopic (exact) mass is 279 g/mol. The van der Waals surface area contributed by atoms with Crippen LogP contribution in [0.2, 0.25) is 0 Å². The third kappa shape index (κ3) is 4.64. The van der Waals surface area contributed by atoms with Crippen molar-refractivity contribution in [3.63, 3.8) is 0 Å². The molecule has 0 amide bonds. The number of benzene rings is 1. The van der Waals surface area contributed by atoms with Gasteiger partial charge in [0.1, 0.15) is 0 Å². The Balaban J connectivity index is 2.79.